The first-order valence-corrected chi connectivity index (χ1v) is 11.1. The summed E-state index contributed by atoms with van der Waals surface area (Å²) < 4.78 is 35.5. The van der Waals surface area contributed by atoms with Crippen LogP contribution in [-0.4, -0.2) is 57.7 Å². The van der Waals surface area contributed by atoms with Crippen LogP contribution < -0.4 is 14.8 Å². The lowest BCUT2D eigenvalue weighted by molar-refractivity contribution is -0.116. The Bertz CT molecular complexity index is 832. The molecule has 1 amide bonds. The number of ether oxygens (including phenoxy) is 2. The van der Waals surface area contributed by atoms with Gasteiger partial charge in [0.05, 0.1) is 11.3 Å². The maximum Gasteiger partial charge on any atom is 0.244 e. The van der Waals surface area contributed by atoms with E-state index in [0.29, 0.717) is 49.4 Å². The molecule has 0 unspecified atom stereocenters. The standard InChI is InChI=1S/C18H23ClN2O5S/c1-27(23,24)21-6-4-13(5-7-21)12-20-17(22)3-2-14-10-15(19)18-16(11-14)25-8-9-26-18/h2-3,10-11,13H,4-9,12H2,1H3,(H,20,22)/b3-2+. The van der Waals surface area contributed by atoms with Crippen LogP contribution >= 0.6 is 11.6 Å². The third-order valence-electron chi connectivity index (χ3n) is 4.65. The zero-order valence-corrected chi connectivity index (χ0v) is 16.7. The van der Waals surface area contributed by atoms with Crippen LogP contribution in [0, 0.1) is 5.92 Å². The van der Waals surface area contributed by atoms with Crippen molar-refractivity contribution in [3.05, 3.63) is 28.8 Å². The zero-order chi connectivity index (χ0) is 19.4. The lowest BCUT2D eigenvalue weighted by Gasteiger charge is -2.30. The highest BCUT2D eigenvalue weighted by molar-refractivity contribution is 7.88. The second kappa shape index (κ2) is 8.50. The molecule has 0 aliphatic carbocycles. The highest BCUT2D eigenvalue weighted by Crippen LogP contribution is 2.38. The average Bonchev–Trinajstić information content (AvgIpc) is 2.64. The molecule has 1 aromatic carbocycles. The van der Waals surface area contributed by atoms with Gasteiger partial charge in [0, 0.05) is 25.7 Å². The predicted octanol–water partition coefficient (Wildman–Crippen LogP) is 1.91. The minimum absolute atomic E-state index is 0.202. The van der Waals surface area contributed by atoms with E-state index in [9.17, 15) is 13.2 Å². The van der Waals surface area contributed by atoms with Crippen molar-refractivity contribution in [1.82, 2.24) is 9.62 Å². The van der Waals surface area contributed by atoms with Crippen LogP contribution in [0.25, 0.3) is 6.08 Å². The molecular formula is C18H23ClN2O5S. The number of hydrogen-bond acceptors (Lipinski definition) is 5. The summed E-state index contributed by atoms with van der Waals surface area (Å²) in [6.45, 7) is 2.47. The Kier molecular flexibility index (Phi) is 6.29. The summed E-state index contributed by atoms with van der Waals surface area (Å²) in [5.41, 5.74) is 0.751. The molecule has 0 bridgehead atoms. The molecule has 148 valence electrons. The van der Waals surface area contributed by atoms with Crippen LogP contribution in [0.15, 0.2) is 18.2 Å². The number of nitrogens with one attached hydrogen (secondary N) is 1. The molecule has 2 aliphatic heterocycles. The summed E-state index contributed by atoms with van der Waals surface area (Å²) in [6, 6.07) is 3.50. The molecular weight excluding hydrogens is 392 g/mol. The van der Waals surface area contributed by atoms with Gasteiger partial charge in [-0.1, -0.05) is 11.6 Å². The van der Waals surface area contributed by atoms with Gasteiger partial charge in [-0.15, -0.1) is 0 Å². The molecule has 1 N–H and O–H groups in total. The van der Waals surface area contributed by atoms with Crippen molar-refractivity contribution >= 4 is 33.6 Å². The normalized spacial score (nSPS) is 18.6. The van der Waals surface area contributed by atoms with Gasteiger partial charge in [-0.3, -0.25) is 4.79 Å². The molecule has 27 heavy (non-hydrogen) atoms. The molecule has 1 saturated heterocycles. The van der Waals surface area contributed by atoms with E-state index in [1.165, 1.54) is 16.6 Å². The van der Waals surface area contributed by atoms with Gasteiger partial charge in [0.1, 0.15) is 13.2 Å². The summed E-state index contributed by atoms with van der Waals surface area (Å²) in [5, 5.41) is 3.32. The van der Waals surface area contributed by atoms with E-state index < -0.39 is 10.0 Å². The van der Waals surface area contributed by atoms with Crippen LogP contribution in [-0.2, 0) is 14.8 Å². The number of nitrogens with zero attached hydrogens (tertiary/aromatic N) is 1. The Labute approximate surface area is 164 Å². The van der Waals surface area contributed by atoms with Crippen molar-refractivity contribution < 1.29 is 22.7 Å². The van der Waals surface area contributed by atoms with E-state index in [-0.39, 0.29) is 11.8 Å². The van der Waals surface area contributed by atoms with Crippen LogP contribution in [0.4, 0.5) is 0 Å². The molecule has 0 saturated carbocycles. The third-order valence-corrected chi connectivity index (χ3v) is 6.24. The van der Waals surface area contributed by atoms with E-state index in [0.717, 1.165) is 18.4 Å². The van der Waals surface area contributed by atoms with Crippen LogP contribution in [0.5, 0.6) is 11.5 Å². The van der Waals surface area contributed by atoms with Gasteiger partial charge >= 0.3 is 0 Å². The lowest BCUT2D eigenvalue weighted by atomic mass is 9.98. The van der Waals surface area contributed by atoms with Crippen molar-refractivity contribution in [1.29, 1.82) is 0 Å². The molecule has 2 aliphatic rings. The van der Waals surface area contributed by atoms with Crippen molar-refractivity contribution in [3.8, 4) is 11.5 Å². The smallest absolute Gasteiger partial charge is 0.244 e. The highest BCUT2D eigenvalue weighted by Gasteiger charge is 2.24. The second-order valence-electron chi connectivity index (χ2n) is 6.71. The molecule has 1 aromatic rings. The average molecular weight is 415 g/mol. The summed E-state index contributed by atoms with van der Waals surface area (Å²) in [4.78, 5) is 12.1. The predicted molar refractivity (Wildman–Crippen MR) is 104 cm³/mol. The van der Waals surface area contributed by atoms with Gasteiger partial charge < -0.3 is 14.8 Å². The fourth-order valence-corrected chi connectivity index (χ4v) is 4.30. The van der Waals surface area contributed by atoms with Crippen LogP contribution in [0.2, 0.25) is 5.02 Å². The number of benzene rings is 1. The van der Waals surface area contributed by atoms with Crippen LogP contribution in [0.3, 0.4) is 0 Å². The second-order valence-corrected chi connectivity index (χ2v) is 9.10. The maximum atomic E-state index is 12.1. The molecule has 0 radical (unpaired) electrons. The number of carbonyl (C=O) groups excluding carboxylic acids is 1. The first-order chi connectivity index (χ1) is 12.8. The number of rotatable bonds is 5. The quantitative estimate of drug-likeness (QED) is 0.744. The first-order valence-electron chi connectivity index (χ1n) is 8.83. The van der Waals surface area contributed by atoms with Crippen LogP contribution in [0.1, 0.15) is 18.4 Å². The van der Waals surface area contributed by atoms with Crippen molar-refractivity contribution in [2.75, 3.05) is 39.1 Å². The van der Waals surface area contributed by atoms with E-state index in [1.54, 1.807) is 18.2 Å². The number of carbonyl (C=O) groups is 1. The number of amides is 1. The lowest BCUT2D eigenvalue weighted by Crippen LogP contribution is -2.40. The Morgan fingerprint density at radius 2 is 2.00 bits per heavy atom. The van der Waals surface area contributed by atoms with Crippen molar-refractivity contribution in [2.45, 2.75) is 12.8 Å². The molecule has 7 nitrogen and oxygen atoms in total. The SMILES string of the molecule is CS(=O)(=O)N1CCC(CNC(=O)/C=C/c2cc(Cl)c3c(c2)OCCO3)CC1. The monoisotopic (exact) mass is 414 g/mol. The molecule has 3 rings (SSSR count). The van der Waals surface area contributed by atoms with E-state index in [2.05, 4.69) is 5.32 Å². The zero-order valence-electron chi connectivity index (χ0n) is 15.1. The Morgan fingerprint density at radius 1 is 1.30 bits per heavy atom. The highest BCUT2D eigenvalue weighted by atomic mass is 35.5. The van der Waals surface area contributed by atoms with Gasteiger partial charge in [0.25, 0.3) is 0 Å². The number of hydrogen-bond donors (Lipinski definition) is 1. The largest absolute Gasteiger partial charge is 0.486 e. The van der Waals surface area contributed by atoms with E-state index in [1.807, 2.05) is 0 Å². The number of fused-ring (bicyclic) bond motifs is 1. The Balaban J connectivity index is 1.49. The molecule has 1 fully saturated rings. The Hall–Kier alpha value is -1.77. The first kappa shape index (κ1) is 20.0. The number of piperidine rings is 1. The Morgan fingerprint density at radius 3 is 2.70 bits per heavy atom. The molecule has 9 heteroatoms. The van der Waals surface area contributed by atoms with Gasteiger partial charge in [0.15, 0.2) is 11.5 Å². The molecule has 0 spiro atoms. The summed E-state index contributed by atoms with van der Waals surface area (Å²) in [7, 11) is -3.13. The van der Waals surface area contributed by atoms with E-state index >= 15 is 0 Å². The topological polar surface area (TPSA) is 84.9 Å². The number of halogens is 1. The molecule has 2 heterocycles. The van der Waals surface area contributed by atoms with Gasteiger partial charge in [0.2, 0.25) is 15.9 Å². The van der Waals surface area contributed by atoms with Crippen molar-refractivity contribution in [2.24, 2.45) is 5.92 Å². The molecule has 0 aromatic heterocycles. The molecule has 0 atom stereocenters. The van der Waals surface area contributed by atoms with Crippen molar-refractivity contribution in [3.63, 3.8) is 0 Å². The third kappa shape index (κ3) is 5.37. The minimum atomic E-state index is -3.13. The van der Waals surface area contributed by atoms with E-state index in [4.69, 9.17) is 21.1 Å². The summed E-state index contributed by atoms with van der Waals surface area (Å²) >= 11 is 6.18. The van der Waals surface area contributed by atoms with Gasteiger partial charge in [-0.05, 0) is 42.5 Å². The number of sulfonamides is 1. The summed E-state index contributed by atoms with van der Waals surface area (Å²) in [6.07, 6.45) is 5.84. The fourth-order valence-electron chi connectivity index (χ4n) is 3.15. The van der Waals surface area contributed by atoms with Gasteiger partial charge in [-0.2, -0.15) is 0 Å². The minimum Gasteiger partial charge on any atom is -0.486 e. The summed E-state index contributed by atoms with van der Waals surface area (Å²) in [5.74, 6) is 1.19. The van der Waals surface area contributed by atoms with Gasteiger partial charge in [-0.25, -0.2) is 12.7 Å². The fraction of sp³-hybridized carbons (Fsp3) is 0.500. The maximum absolute atomic E-state index is 12.1.